The molecule has 1 rings (SSSR count). The second kappa shape index (κ2) is 6.37. The van der Waals surface area contributed by atoms with E-state index in [9.17, 15) is 0 Å². The molecule has 0 spiro atoms. The molecule has 0 amide bonds. The highest BCUT2D eigenvalue weighted by Crippen LogP contribution is 2.21. The van der Waals surface area contributed by atoms with Gasteiger partial charge in [0.15, 0.2) is 0 Å². The van der Waals surface area contributed by atoms with Crippen LogP contribution in [0.1, 0.15) is 19.4 Å². The number of halogens is 1. The fourth-order valence-electron chi connectivity index (χ4n) is 1.22. The predicted octanol–water partition coefficient (Wildman–Crippen LogP) is 2.59. The van der Waals surface area contributed by atoms with E-state index in [0.717, 1.165) is 6.54 Å². The van der Waals surface area contributed by atoms with Crippen LogP contribution in [0.15, 0.2) is 18.2 Å². The molecule has 0 fully saturated rings. The summed E-state index contributed by atoms with van der Waals surface area (Å²) in [5, 5.41) is 12.7. The van der Waals surface area contributed by atoms with E-state index in [1.807, 2.05) is 0 Å². The van der Waals surface area contributed by atoms with Crippen molar-refractivity contribution in [1.82, 2.24) is 5.32 Å². The van der Waals surface area contributed by atoms with Crippen molar-refractivity contribution in [2.24, 2.45) is 0 Å². The van der Waals surface area contributed by atoms with Crippen LogP contribution in [0.3, 0.4) is 0 Å². The Morgan fingerprint density at radius 1 is 1.50 bits per heavy atom. The average molecular weight is 239 g/mol. The zero-order valence-electron chi connectivity index (χ0n) is 9.46. The van der Waals surface area contributed by atoms with Gasteiger partial charge in [-0.05, 0) is 18.2 Å². The van der Waals surface area contributed by atoms with Gasteiger partial charge in [-0.25, -0.2) is 0 Å². The Balaban J connectivity index is 2.51. The van der Waals surface area contributed by atoms with Gasteiger partial charge in [0.2, 0.25) is 0 Å². The summed E-state index contributed by atoms with van der Waals surface area (Å²) in [5.74, 6) is 0.581. The summed E-state index contributed by atoms with van der Waals surface area (Å²) in [6, 6.07) is 7.53. The van der Waals surface area contributed by atoms with Crippen molar-refractivity contribution in [1.29, 1.82) is 5.26 Å². The van der Waals surface area contributed by atoms with E-state index in [-0.39, 0.29) is 0 Å². The number of hydrogen-bond acceptors (Lipinski definition) is 3. The molecule has 0 aliphatic heterocycles. The van der Waals surface area contributed by atoms with E-state index < -0.39 is 0 Å². The first-order valence-corrected chi connectivity index (χ1v) is 5.57. The number of nitrogens with zero attached hydrogens (tertiary/aromatic N) is 1. The quantitative estimate of drug-likeness (QED) is 0.802. The van der Waals surface area contributed by atoms with Crippen molar-refractivity contribution in [3.63, 3.8) is 0 Å². The number of hydrogen-bond donors (Lipinski definition) is 1. The van der Waals surface area contributed by atoms with Crippen LogP contribution in [-0.2, 0) is 0 Å². The zero-order valence-corrected chi connectivity index (χ0v) is 10.2. The van der Waals surface area contributed by atoms with Crippen LogP contribution >= 0.6 is 11.6 Å². The van der Waals surface area contributed by atoms with Gasteiger partial charge in [-0.1, -0.05) is 25.4 Å². The van der Waals surface area contributed by atoms with Crippen molar-refractivity contribution < 1.29 is 4.74 Å². The van der Waals surface area contributed by atoms with E-state index in [1.54, 1.807) is 18.2 Å². The number of nitriles is 1. The summed E-state index contributed by atoms with van der Waals surface area (Å²) in [6.07, 6.45) is 0. The monoisotopic (exact) mass is 238 g/mol. The summed E-state index contributed by atoms with van der Waals surface area (Å²) < 4.78 is 5.49. The third kappa shape index (κ3) is 4.09. The summed E-state index contributed by atoms with van der Waals surface area (Å²) in [6.45, 7) is 5.44. The Morgan fingerprint density at radius 2 is 2.25 bits per heavy atom. The van der Waals surface area contributed by atoms with E-state index in [1.165, 1.54) is 0 Å². The van der Waals surface area contributed by atoms with Gasteiger partial charge in [-0.15, -0.1) is 0 Å². The molecule has 16 heavy (non-hydrogen) atoms. The molecule has 0 aliphatic carbocycles. The minimum atomic E-state index is 0.434. The summed E-state index contributed by atoms with van der Waals surface area (Å²) in [5.41, 5.74) is 0.469. The number of nitrogens with one attached hydrogen (secondary N) is 1. The highest BCUT2D eigenvalue weighted by Gasteiger charge is 2.03. The lowest BCUT2D eigenvalue weighted by atomic mass is 10.2. The van der Waals surface area contributed by atoms with Crippen LogP contribution in [-0.4, -0.2) is 19.2 Å². The largest absolute Gasteiger partial charge is 0.491 e. The SMILES string of the molecule is CC(C)NCCOc1ccc(Cl)cc1C#N. The minimum Gasteiger partial charge on any atom is -0.491 e. The molecule has 0 bridgehead atoms. The Morgan fingerprint density at radius 3 is 2.88 bits per heavy atom. The molecule has 0 saturated carbocycles. The topological polar surface area (TPSA) is 45.0 Å². The molecule has 0 atom stereocenters. The first-order chi connectivity index (χ1) is 7.63. The Hall–Kier alpha value is -1.24. The van der Waals surface area contributed by atoms with Crippen LogP contribution in [0.25, 0.3) is 0 Å². The fourth-order valence-corrected chi connectivity index (χ4v) is 1.40. The van der Waals surface area contributed by atoms with Crippen LogP contribution in [0.2, 0.25) is 5.02 Å². The second-order valence-electron chi connectivity index (χ2n) is 3.71. The lowest BCUT2D eigenvalue weighted by Crippen LogP contribution is -2.27. The average Bonchev–Trinajstić information content (AvgIpc) is 2.25. The van der Waals surface area contributed by atoms with Crippen molar-refractivity contribution >= 4 is 11.6 Å². The summed E-state index contributed by atoms with van der Waals surface area (Å²) in [4.78, 5) is 0. The van der Waals surface area contributed by atoms with Crippen molar-refractivity contribution in [2.75, 3.05) is 13.2 Å². The summed E-state index contributed by atoms with van der Waals surface area (Å²) >= 11 is 5.78. The van der Waals surface area contributed by atoms with Crippen molar-refractivity contribution in [2.45, 2.75) is 19.9 Å². The lowest BCUT2D eigenvalue weighted by Gasteiger charge is -2.10. The molecule has 0 radical (unpaired) electrons. The Labute approximate surface area is 101 Å². The standard InChI is InChI=1S/C12H15ClN2O/c1-9(2)15-5-6-16-12-4-3-11(13)7-10(12)8-14/h3-4,7,9,15H,5-6H2,1-2H3. The van der Waals surface area contributed by atoms with Gasteiger partial charge < -0.3 is 10.1 Å². The first-order valence-electron chi connectivity index (χ1n) is 5.19. The molecule has 4 heteroatoms. The molecule has 0 aliphatic rings. The lowest BCUT2D eigenvalue weighted by molar-refractivity contribution is 0.308. The highest BCUT2D eigenvalue weighted by atomic mass is 35.5. The maximum atomic E-state index is 8.88. The number of benzene rings is 1. The maximum Gasteiger partial charge on any atom is 0.137 e. The van der Waals surface area contributed by atoms with Gasteiger partial charge >= 0.3 is 0 Å². The Bertz CT molecular complexity index is 385. The number of rotatable bonds is 5. The van der Waals surface area contributed by atoms with E-state index in [4.69, 9.17) is 21.6 Å². The molecule has 1 N–H and O–H groups in total. The smallest absolute Gasteiger partial charge is 0.137 e. The predicted molar refractivity (Wildman–Crippen MR) is 64.8 cm³/mol. The van der Waals surface area contributed by atoms with E-state index in [2.05, 4.69) is 25.2 Å². The Kier molecular flexibility index (Phi) is 5.10. The van der Waals surface area contributed by atoms with Gasteiger partial charge in [0, 0.05) is 17.6 Å². The molecule has 3 nitrogen and oxygen atoms in total. The molecule has 0 aromatic heterocycles. The van der Waals surface area contributed by atoms with Crippen LogP contribution in [0.4, 0.5) is 0 Å². The maximum absolute atomic E-state index is 8.88. The third-order valence-electron chi connectivity index (χ3n) is 1.97. The van der Waals surface area contributed by atoms with E-state index >= 15 is 0 Å². The molecular formula is C12H15ClN2O. The second-order valence-corrected chi connectivity index (χ2v) is 4.15. The van der Waals surface area contributed by atoms with Crippen LogP contribution < -0.4 is 10.1 Å². The third-order valence-corrected chi connectivity index (χ3v) is 2.21. The van der Waals surface area contributed by atoms with Gasteiger partial charge in [0.05, 0.1) is 5.56 Å². The van der Waals surface area contributed by atoms with E-state index in [0.29, 0.717) is 29.0 Å². The van der Waals surface area contributed by atoms with Crippen molar-refractivity contribution in [3.05, 3.63) is 28.8 Å². The molecular weight excluding hydrogens is 224 g/mol. The van der Waals surface area contributed by atoms with Gasteiger partial charge in [0.25, 0.3) is 0 Å². The zero-order chi connectivity index (χ0) is 12.0. The molecule has 86 valence electrons. The molecule has 1 aromatic rings. The molecule has 1 aromatic carbocycles. The molecule has 0 unspecified atom stereocenters. The summed E-state index contributed by atoms with van der Waals surface area (Å²) in [7, 11) is 0. The first kappa shape index (κ1) is 12.8. The minimum absolute atomic E-state index is 0.434. The van der Waals surface area contributed by atoms with Gasteiger partial charge in [-0.2, -0.15) is 5.26 Å². The van der Waals surface area contributed by atoms with Gasteiger partial charge in [-0.3, -0.25) is 0 Å². The highest BCUT2D eigenvalue weighted by molar-refractivity contribution is 6.30. The fraction of sp³-hybridized carbons (Fsp3) is 0.417. The van der Waals surface area contributed by atoms with Crippen LogP contribution in [0.5, 0.6) is 5.75 Å². The molecule has 0 saturated heterocycles. The van der Waals surface area contributed by atoms with Crippen LogP contribution in [0, 0.1) is 11.3 Å². The molecule has 0 heterocycles. The number of ether oxygens (including phenoxy) is 1. The van der Waals surface area contributed by atoms with Crippen molar-refractivity contribution in [3.8, 4) is 11.8 Å². The normalized spacial score (nSPS) is 10.2. The van der Waals surface area contributed by atoms with Gasteiger partial charge in [0.1, 0.15) is 18.4 Å².